The van der Waals surface area contributed by atoms with E-state index < -0.39 is 0 Å². The molecular formula is C23H27N3O4. The van der Waals surface area contributed by atoms with E-state index in [9.17, 15) is 14.4 Å². The van der Waals surface area contributed by atoms with Crippen LogP contribution in [-0.4, -0.2) is 60.3 Å². The number of carbonyl (C=O) groups excluding carboxylic acids is 3. The van der Waals surface area contributed by atoms with Gasteiger partial charge in [0.25, 0.3) is 11.8 Å². The van der Waals surface area contributed by atoms with Crippen molar-refractivity contribution >= 4 is 23.4 Å². The summed E-state index contributed by atoms with van der Waals surface area (Å²) in [4.78, 5) is 40.2. The predicted octanol–water partition coefficient (Wildman–Crippen LogP) is 2.71. The van der Waals surface area contributed by atoms with E-state index >= 15 is 0 Å². The maximum Gasteiger partial charge on any atom is 0.260 e. The van der Waals surface area contributed by atoms with Gasteiger partial charge < -0.3 is 19.9 Å². The van der Waals surface area contributed by atoms with Gasteiger partial charge in [0.2, 0.25) is 5.91 Å². The van der Waals surface area contributed by atoms with Crippen molar-refractivity contribution in [2.75, 3.05) is 38.1 Å². The molecule has 0 unspecified atom stereocenters. The fourth-order valence-corrected chi connectivity index (χ4v) is 3.36. The number of anilines is 1. The van der Waals surface area contributed by atoms with Crippen molar-refractivity contribution < 1.29 is 19.1 Å². The Labute approximate surface area is 176 Å². The summed E-state index contributed by atoms with van der Waals surface area (Å²) in [5, 5.41) is 2.69. The molecule has 0 radical (unpaired) electrons. The molecule has 30 heavy (non-hydrogen) atoms. The molecule has 0 aliphatic carbocycles. The molecule has 0 atom stereocenters. The Morgan fingerprint density at radius 2 is 1.67 bits per heavy atom. The Bertz CT molecular complexity index is 911. The molecule has 0 aromatic heterocycles. The lowest BCUT2D eigenvalue weighted by Gasteiger charge is -2.22. The third-order valence-corrected chi connectivity index (χ3v) is 4.95. The van der Waals surface area contributed by atoms with E-state index in [0.29, 0.717) is 49.6 Å². The predicted molar refractivity (Wildman–Crippen MR) is 115 cm³/mol. The lowest BCUT2D eigenvalue weighted by molar-refractivity contribution is -0.133. The van der Waals surface area contributed by atoms with Gasteiger partial charge in [-0.15, -0.1) is 0 Å². The van der Waals surface area contributed by atoms with Crippen molar-refractivity contribution in [3.8, 4) is 5.75 Å². The first-order valence-electron chi connectivity index (χ1n) is 10.1. The summed E-state index contributed by atoms with van der Waals surface area (Å²) in [6, 6.07) is 14.5. The molecule has 1 heterocycles. The van der Waals surface area contributed by atoms with Crippen molar-refractivity contribution in [2.24, 2.45) is 0 Å². The van der Waals surface area contributed by atoms with E-state index in [1.807, 2.05) is 31.2 Å². The van der Waals surface area contributed by atoms with E-state index in [1.165, 1.54) is 6.92 Å². The largest absolute Gasteiger partial charge is 0.484 e. The molecule has 3 amide bonds. The number of hydrogen-bond donors (Lipinski definition) is 1. The highest BCUT2D eigenvalue weighted by molar-refractivity contribution is 5.96. The standard InChI is InChI=1S/C23H27N3O4/c1-17-7-9-21(10-8-17)30-16-22(28)25-11-4-12-26(14-13-25)23(29)19-5-3-6-20(15-19)24-18(2)27/h3,5-10,15H,4,11-14,16H2,1-2H3,(H,24,27). The van der Waals surface area contributed by atoms with Gasteiger partial charge in [-0.2, -0.15) is 0 Å². The Kier molecular flexibility index (Phi) is 7.06. The number of nitrogens with zero attached hydrogens (tertiary/aromatic N) is 2. The Balaban J connectivity index is 1.55. The van der Waals surface area contributed by atoms with Crippen molar-refractivity contribution in [3.05, 3.63) is 59.7 Å². The minimum Gasteiger partial charge on any atom is -0.484 e. The molecule has 0 bridgehead atoms. The van der Waals surface area contributed by atoms with E-state index in [0.717, 1.165) is 5.56 Å². The first-order valence-corrected chi connectivity index (χ1v) is 10.1. The minimum absolute atomic E-state index is 0.0181. The molecule has 0 saturated carbocycles. The monoisotopic (exact) mass is 409 g/mol. The van der Waals surface area contributed by atoms with Gasteiger partial charge in [0.15, 0.2) is 6.61 Å². The lowest BCUT2D eigenvalue weighted by atomic mass is 10.1. The normalized spacial score (nSPS) is 14.1. The van der Waals surface area contributed by atoms with Crippen LogP contribution in [0.1, 0.15) is 29.3 Å². The van der Waals surface area contributed by atoms with Crippen LogP contribution in [0.15, 0.2) is 48.5 Å². The maximum atomic E-state index is 12.9. The Morgan fingerprint density at radius 1 is 0.967 bits per heavy atom. The smallest absolute Gasteiger partial charge is 0.260 e. The van der Waals surface area contributed by atoms with Gasteiger partial charge in [0.1, 0.15) is 5.75 Å². The number of ether oxygens (including phenoxy) is 1. The molecule has 1 aliphatic heterocycles. The van der Waals surface area contributed by atoms with Crippen LogP contribution in [0.2, 0.25) is 0 Å². The van der Waals surface area contributed by atoms with Gasteiger partial charge in [0.05, 0.1) is 0 Å². The molecule has 158 valence electrons. The fraction of sp³-hybridized carbons (Fsp3) is 0.348. The molecule has 0 spiro atoms. The molecule has 2 aromatic carbocycles. The number of benzene rings is 2. The van der Waals surface area contributed by atoms with Gasteiger partial charge >= 0.3 is 0 Å². The maximum absolute atomic E-state index is 12.9. The fourth-order valence-electron chi connectivity index (χ4n) is 3.36. The average Bonchev–Trinajstić information content (AvgIpc) is 2.99. The third-order valence-electron chi connectivity index (χ3n) is 4.95. The summed E-state index contributed by atoms with van der Waals surface area (Å²) >= 11 is 0. The summed E-state index contributed by atoms with van der Waals surface area (Å²) in [5.74, 6) is 0.293. The zero-order valence-electron chi connectivity index (χ0n) is 17.4. The van der Waals surface area contributed by atoms with Crippen molar-refractivity contribution in [2.45, 2.75) is 20.3 Å². The van der Waals surface area contributed by atoms with E-state index in [-0.39, 0.29) is 24.3 Å². The van der Waals surface area contributed by atoms with Gasteiger partial charge in [-0.25, -0.2) is 0 Å². The molecule has 1 N–H and O–H groups in total. The van der Waals surface area contributed by atoms with Crippen LogP contribution in [0.5, 0.6) is 5.75 Å². The Morgan fingerprint density at radius 3 is 2.40 bits per heavy atom. The van der Waals surface area contributed by atoms with Crippen LogP contribution < -0.4 is 10.1 Å². The zero-order valence-corrected chi connectivity index (χ0v) is 17.4. The van der Waals surface area contributed by atoms with Crippen LogP contribution >= 0.6 is 0 Å². The summed E-state index contributed by atoms with van der Waals surface area (Å²) in [5.41, 5.74) is 2.24. The van der Waals surface area contributed by atoms with Crippen LogP contribution in [0.3, 0.4) is 0 Å². The highest BCUT2D eigenvalue weighted by Crippen LogP contribution is 2.15. The second-order valence-corrected chi connectivity index (χ2v) is 7.39. The van der Waals surface area contributed by atoms with E-state index in [4.69, 9.17) is 4.74 Å². The molecule has 2 aromatic rings. The molecule has 1 saturated heterocycles. The van der Waals surface area contributed by atoms with Crippen molar-refractivity contribution in [1.29, 1.82) is 0 Å². The summed E-state index contributed by atoms with van der Waals surface area (Å²) < 4.78 is 5.60. The molecule has 1 aliphatic rings. The first-order chi connectivity index (χ1) is 14.4. The molecule has 3 rings (SSSR count). The van der Waals surface area contributed by atoms with E-state index in [1.54, 1.807) is 34.1 Å². The number of rotatable bonds is 5. The second-order valence-electron chi connectivity index (χ2n) is 7.39. The van der Waals surface area contributed by atoms with Crippen LogP contribution in [0.25, 0.3) is 0 Å². The quantitative estimate of drug-likeness (QED) is 0.824. The summed E-state index contributed by atoms with van der Waals surface area (Å²) in [7, 11) is 0. The van der Waals surface area contributed by atoms with Gasteiger partial charge in [-0.1, -0.05) is 23.8 Å². The topological polar surface area (TPSA) is 79.0 Å². The van der Waals surface area contributed by atoms with Gasteiger partial charge in [-0.3, -0.25) is 14.4 Å². The molecule has 7 heteroatoms. The molecular weight excluding hydrogens is 382 g/mol. The summed E-state index contributed by atoms with van der Waals surface area (Å²) in [6.07, 6.45) is 0.702. The number of amides is 3. The Hall–Kier alpha value is -3.35. The van der Waals surface area contributed by atoms with Crippen molar-refractivity contribution in [1.82, 2.24) is 9.80 Å². The summed E-state index contributed by atoms with van der Waals surface area (Å²) in [6.45, 7) is 5.49. The zero-order chi connectivity index (χ0) is 21.5. The highest BCUT2D eigenvalue weighted by Gasteiger charge is 2.23. The minimum atomic E-state index is -0.184. The lowest BCUT2D eigenvalue weighted by Crippen LogP contribution is -2.39. The van der Waals surface area contributed by atoms with E-state index in [2.05, 4.69) is 5.32 Å². The van der Waals surface area contributed by atoms with Gasteiger partial charge in [-0.05, 0) is 43.7 Å². The SMILES string of the molecule is CC(=O)Nc1cccc(C(=O)N2CCCN(C(=O)COc3ccc(C)cc3)CC2)c1. The van der Waals surface area contributed by atoms with Crippen molar-refractivity contribution in [3.63, 3.8) is 0 Å². The third kappa shape index (κ3) is 5.83. The number of hydrogen-bond acceptors (Lipinski definition) is 4. The highest BCUT2D eigenvalue weighted by atomic mass is 16.5. The molecule has 7 nitrogen and oxygen atoms in total. The number of nitrogens with one attached hydrogen (secondary N) is 1. The first kappa shape index (κ1) is 21.4. The number of carbonyl (C=O) groups is 3. The average molecular weight is 409 g/mol. The molecule has 1 fully saturated rings. The van der Waals surface area contributed by atoms with Crippen LogP contribution in [0, 0.1) is 6.92 Å². The second kappa shape index (κ2) is 9.91. The number of aryl methyl sites for hydroxylation is 1. The van der Waals surface area contributed by atoms with Crippen LogP contribution in [0.4, 0.5) is 5.69 Å². The van der Waals surface area contributed by atoms with Gasteiger partial charge in [0, 0.05) is 44.4 Å². The van der Waals surface area contributed by atoms with Crippen LogP contribution in [-0.2, 0) is 9.59 Å².